The second kappa shape index (κ2) is 8.04. The first-order chi connectivity index (χ1) is 9.75. The summed E-state index contributed by atoms with van der Waals surface area (Å²) in [4.78, 5) is 0. The van der Waals surface area contributed by atoms with E-state index in [1.165, 1.54) is 6.07 Å². The predicted octanol–water partition coefficient (Wildman–Crippen LogP) is 3.77. The van der Waals surface area contributed by atoms with Gasteiger partial charge >= 0.3 is 0 Å². The number of ether oxygens (including phenoxy) is 1. The molecule has 2 aromatic rings. The molecule has 5 heteroatoms. The zero-order valence-corrected chi connectivity index (χ0v) is 11.8. The van der Waals surface area contributed by atoms with E-state index >= 15 is 0 Å². The maximum atomic E-state index is 13.4. The molecule has 2 rings (SSSR count). The van der Waals surface area contributed by atoms with E-state index < -0.39 is 0 Å². The second-order valence-corrected chi connectivity index (χ2v) is 4.83. The van der Waals surface area contributed by atoms with Crippen LogP contribution >= 0.6 is 11.6 Å². The molecule has 1 heterocycles. The predicted molar refractivity (Wildman–Crippen MR) is 76.1 cm³/mol. The van der Waals surface area contributed by atoms with Crippen molar-refractivity contribution < 1.29 is 13.5 Å². The van der Waals surface area contributed by atoms with Gasteiger partial charge in [0.25, 0.3) is 0 Å². The standard InChI is InChI=1S/C15H17ClFNO2/c16-13-4-5-15(17)12(9-13)10-18-6-2-7-19-11-14-3-1-8-20-14/h1,3-5,8-9,18H,2,6-7,10-11H2. The van der Waals surface area contributed by atoms with Crippen LogP contribution in [0.15, 0.2) is 41.0 Å². The average molecular weight is 298 g/mol. The molecule has 1 N–H and O–H groups in total. The Morgan fingerprint density at radius 3 is 3.00 bits per heavy atom. The Kier molecular flexibility index (Phi) is 6.05. The van der Waals surface area contributed by atoms with Crippen molar-refractivity contribution in [2.75, 3.05) is 13.2 Å². The van der Waals surface area contributed by atoms with Crippen LogP contribution in [0.25, 0.3) is 0 Å². The number of hydrogen-bond acceptors (Lipinski definition) is 3. The van der Waals surface area contributed by atoms with E-state index in [0.29, 0.717) is 30.3 Å². The van der Waals surface area contributed by atoms with Crippen LogP contribution in [0.2, 0.25) is 5.02 Å². The summed E-state index contributed by atoms with van der Waals surface area (Å²) in [6.45, 7) is 2.33. The smallest absolute Gasteiger partial charge is 0.129 e. The molecule has 0 aliphatic carbocycles. The first-order valence-corrected chi connectivity index (χ1v) is 6.88. The van der Waals surface area contributed by atoms with E-state index in [-0.39, 0.29) is 5.82 Å². The maximum Gasteiger partial charge on any atom is 0.129 e. The molecule has 108 valence electrons. The van der Waals surface area contributed by atoms with Crippen molar-refractivity contribution in [3.63, 3.8) is 0 Å². The molecule has 3 nitrogen and oxygen atoms in total. The minimum absolute atomic E-state index is 0.240. The van der Waals surface area contributed by atoms with Crippen molar-refractivity contribution in [1.82, 2.24) is 5.32 Å². The summed E-state index contributed by atoms with van der Waals surface area (Å²) < 4.78 is 24.0. The van der Waals surface area contributed by atoms with Gasteiger partial charge in [-0.1, -0.05) is 11.6 Å². The lowest BCUT2D eigenvalue weighted by atomic mass is 10.2. The number of furan rings is 1. The van der Waals surface area contributed by atoms with Gasteiger partial charge in [-0.05, 0) is 43.3 Å². The number of nitrogens with one attached hydrogen (secondary N) is 1. The first-order valence-electron chi connectivity index (χ1n) is 6.50. The quantitative estimate of drug-likeness (QED) is 0.753. The molecule has 0 aliphatic heterocycles. The Balaban J connectivity index is 1.56. The molecule has 0 saturated heterocycles. The molecule has 1 aromatic carbocycles. The van der Waals surface area contributed by atoms with Crippen LogP contribution in [-0.4, -0.2) is 13.2 Å². The second-order valence-electron chi connectivity index (χ2n) is 4.40. The summed E-state index contributed by atoms with van der Waals surface area (Å²) in [6, 6.07) is 8.27. The van der Waals surface area contributed by atoms with E-state index in [1.807, 2.05) is 12.1 Å². The molecule has 0 radical (unpaired) electrons. The van der Waals surface area contributed by atoms with E-state index in [9.17, 15) is 4.39 Å². The van der Waals surface area contributed by atoms with Crippen molar-refractivity contribution in [3.05, 3.63) is 58.8 Å². The molecule has 1 aromatic heterocycles. The third kappa shape index (κ3) is 4.96. The zero-order chi connectivity index (χ0) is 14.2. The average Bonchev–Trinajstić information content (AvgIpc) is 2.94. The van der Waals surface area contributed by atoms with Gasteiger partial charge in [0.05, 0.1) is 6.26 Å². The van der Waals surface area contributed by atoms with Crippen LogP contribution in [-0.2, 0) is 17.9 Å². The zero-order valence-electron chi connectivity index (χ0n) is 11.1. The Hall–Kier alpha value is -1.36. The lowest BCUT2D eigenvalue weighted by Gasteiger charge is -2.07. The van der Waals surface area contributed by atoms with Crippen LogP contribution in [0.1, 0.15) is 17.7 Å². The van der Waals surface area contributed by atoms with Crippen LogP contribution in [0.5, 0.6) is 0 Å². The lowest BCUT2D eigenvalue weighted by molar-refractivity contribution is 0.104. The van der Waals surface area contributed by atoms with E-state index in [0.717, 1.165) is 18.7 Å². The number of halogens is 2. The van der Waals surface area contributed by atoms with Crippen LogP contribution in [0, 0.1) is 5.82 Å². The molecule has 0 unspecified atom stereocenters. The fourth-order valence-electron chi connectivity index (χ4n) is 1.77. The fraction of sp³-hybridized carbons (Fsp3) is 0.333. The summed E-state index contributed by atoms with van der Waals surface area (Å²) in [5.74, 6) is 0.579. The summed E-state index contributed by atoms with van der Waals surface area (Å²) in [6.07, 6.45) is 2.47. The first kappa shape index (κ1) is 15.0. The highest BCUT2D eigenvalue weighted by Gasteiger charge is 2.02. The van der Waals surface area contributed by atoms with Gasteiger partial charge in [-0.2, -0.15) is 0 Å². The Labute approximate surface area is 122 Å². The molecule has 0 atom stereocenters. The van der Waals surface area contributed by atoms with Gasteiger partial charge in [-0.15, -0.1) is 0 Å². The maximum absolute atomic E-state index is 13.4. The number of benzene rings is 1. The molecule has 0 saturated carbocycles. The summed E-state index contributed by atoms with van der Waals surface area (Å²) in [5, 5.41) is 3.71. The van der Waals surface area contributed by atoms with Gasteiger partial charge in [0, 0.05) is 23.7 Å². The van der Waals surface area contributed by atoms with Gasteiger partial charge in [0.2, 0.25) is 0 Å². The number of hydrogen-bond donors (Lipinski definition) is 1. The molecule has 0 amide bonds. The van der Waals surface area contributed by atoms with Crippen molar-refractivity contribution >= 4 is 11.6 Å². The minimum Gasteiger partial charge on any atom is -0.467 e. The fourth-order valence-corrected chi connectivity index (χ4v) is 1.96. The summed E-state index contributed by atoms with van der Waals surface area (Å²) in [5.41, 5.74) is 0.578. The van der Waals surface area contributed by atoms with Crippen molar-refractivity contribution in [3.8, 4) is 0 Å². The number of rotatable bonds is 8. The third-order valence-electron chi connectivity index (χ3n) is 2.79. The summed E-state index contributed by atoms with van der Waals surface area (Å²) in [7, 11) is 0. The monoisotopic (exact) mass is 297 g/mol. The molecular formula is C15H17ClFNO2. The molecule has 0 bridgehead atoms. The van der Waals surface area contributed by atoms with Gasteiger partial charge < -0.3 is 14.5 Å². The Morgan fingerprint density at radius 2 is 2.20 bits per heavy atom. The van der Waals surface area contributed by atoms with Gasteiger partial charge in [0.1, 0.15) is 18.2 Å². The van der Waals surface area contributed by atoms with Gasteiger partial charge in [0.15, 0.2) is 0 Å². The molecule has 20 heavy (non-hydrogen) atoms. The largest absolute Gasteiger partial charge is 0.467 e. The van der Waals surface area contributed by atoms with E-state index in [4.69, 9.17) is 20.8 Å². The highest BCUT2D eigenvalue weighted by molar-refractivity contribution is 6.30. The van der Waals surface area contributed by atoms with E-state index in [1.54, 1.807) is 18.4 Å². The molecule has 0 aliphatic rings. The third-order valence-corrected chi connectivity index (χ3v) is 3.02. The highest BCUT2D eigenvalue weighted by atomic mass is 35.5. The Bertz CT molecular complexity index is 517. The van der Waals surface area contributed by atoms with Crippen LogP contribution < -0.4 is 5.32 Å². The molecular weight excluding hydrogens is 281 g/mol. The van der Waals surface area contributed by atoms with Crippen molar-refractivity contribution in [2.24, 2.45) is 0 Å². The highest BCUT2D eigenvalue weighted by Crippen LogP contribution is 2.14. The SMILES string of the molecule is Fc1ccc(Cl)cc1CNCCCOCc1ccco1. The minimum atomic E-state index is -0.240. The molecule has 0 spiro atoms. The normalized spacial score (nSPS) is 10.9. The van der Waals surface area contributed by atoms with Crippen LogP contribution in [0.4, 0.5) is 4.39 Å². The van der Waals surface area contributed by atoms with E-state index in [2.05, 4.69) is 5.32 Å². The van der Waals surface area contributed by atoms with Crippen LogP contribution in [0.3, 0.4) is 0 Å². The van der Waals surface area contributed by atoms with Gasteiger partial charge in [-0.3, -0.25) is 0 Å². The Morgan fingerprint density at radius 1 is 1.30 bits per heavy atom. The van der Waals surface area contributed by atoms with Crippen molar-refractivity contribution in [1.29, 1.82) is 0 Å². The van der Waals surface area contributed by atoms with Crippen molar-refractivity contribution in [2.45, 2.75) is 19.6 Å². The topological polar surface area (TPSA) is 34.4 Å². The molecule has 0 fully saturated rings. The summed E-state index contributed by atoms with van der Waals surface area (Å²) >= 11 is 5.82. The van der Waals surface area contributed by atoms with Gasteiger partial charge in [-0.25, -0.2) is 4.39 Å². The lowest BCUT2D eigenvalue weighted by Crippen LogP contribution is -2.17.